The van der Waals surface area contributed by atoms with Crippen molar-refractivity contribution in [3.8, 4) is 0 Å². The molecule has 0 radical (unpaired) electrons. The normalized spacial score (nSPS) is 24.4. The highest BCUT2D eigenvalue weighted by molar-refractivity contribution is 8.18. The molecule has 0 fully saturated rings. The van der Waals surface area contributed by atoms with Crippen LogP contribution in [0.2, 0.25) is 0 Å². The molecule has 196 valence electrons. The fraction of sp³-hybridized carbons (Fsp3) is 0.286. The van der Waals surface area contributed by atoms with Gasteiger partial charge in [0.05, 0.1) is 9.79 Å². The van der Waals surface area contributed by atoms with Gasteiger partial charge in [-0.15, -0.1) is 0 Å². The van der Waals surface area contributed by atoms with Gasteiger partial charge in [0.2, 0.25) is 27.8 Å². The van der Waals surface area contributed by atoms with Crippen LogP contribution in [0.5, 0.6) is 0 Å². The van der Waals surface area contributed by atoms with E-state index in [4.69, 9.17) is 0 Å². The van der Waals surface area contributed by atoms with Gasteiger partial charge in [0, 0.05) is 12.8 Å². The van der Waals surface area contributed by atoms with Gasteiger partial charge in [-0.25, -0.2) is 25.3 Å². The highest BCUT2D eigenvalue weighted by Gasteiger charge is 2.66. The Bertz CT molecular complexity index is 1590. The smallest absolute Gasteiger partial charge is 0.202 e. The molecule has 0 spiro atoms. The first-order valence-electron chi connectivity index (χ1n) is 11.8. The molecular formula is C28H30O6S3. The Morgan fingerprint density at radius 3 is 1.22 bits per heavy atom. The average molecular weight is 559 g/mol. The molecule has 2 aliphatic carbocycles. The van der Waals surface area contributed by atoms with Crippen LogP contribution in [-0.2, 0) is 29.5 Å². The Labute approximate surface area is 219 Å². The largest absolute Gasteiger partial charge is 0.225 e. The Morgan fingerprint density at radius 1 is 0.568 bits per heavy atom. The third-order valence-electron chi connectivity index (χ3n) is 7.20. The van der Waals surface area contributed by atoms with Gasteiger partial charge in [-0.1, -0.05) is 71.8 Å². The summed E-state index contributed by atoms with van der Waals surface area (Å²) in [6.45, 7) is 6.65. The average Bonchev–Trinajstić information content (AvgIpc) is 2.85. The number of hydrogen-bond acceptors (Lipinski definition) is 6. The standard InChI is InChI=1S/C28H30O6S3/c1-21-13-17-27(18-14-21,35(29,30)25-11-7-5-9-23(25)3)37(33,34)28(19-15-22(2)16-20-28)36(31,32)26-12-8-6-10-24(26)4/h5-17,19H,18,20H2,1-4H3. The highest BCUT2D eigenvalue weighted by Crippen LogP contribution is 2.50. The van der Waals surface area contributed by atoms with Gasteiger partial charge in [0.25, 0.3) is 0 Å². The van der Waals surface area contributed by atoms with Gasteiger partial charge in [0.1, 0.15) is 0 Å². The molecule has 4 rings (SSSR count). The summed E-state index contributed by atoms with van der Waals surface area (Å²) >= 11 is 0. The van der Waals surface area contributed by atoms with E-state index >= 15 is 0 Å². The number of aryl methyl sites for hydroxylation is 2. The number of benzene rings is 2. The second-order valence-electron chi connectivity index (χ2n) is 9.64. The van der Waals surface area contributed by atoms with Crippen LogP contribution in [-0.4, -0.2) is 33.4 Å². The maximum Gasteiger partial charge on any atom is 0.202 e. The highest BCUT2D eigenvalue weighted by atomic mass is 32.3. The first-order chi connectivity index (χ1) is 17.2. The van der Waals surface area contributed by atoms with Crippen molar-refractivity contribution >= 4 is 29.5 Å². The maximum atomic E-state index is 14.9. The first kappa shape index (κ1) is 27.3. The van der Waals surface area contributed by atoms with E-state index in [-0.39, 0.29) is 9.79 Å². The summed E-state index contributed by atoms with van der Waals surface area (Å²) in [5.74, 6) is 0. The molecule has 0 bridgehead atoms. The lowest BCUT2D eigenvalue weighted by molar-refractivity contribution is 0.537. The fourth-order valence-electron chi connectivity index (χ4n) is 4.86. The van der Waals surface area contributed by atoms with Crippen LogP contribution >= 0.6 is 0 Å². The molecular weight excluding hydrogens is 529 g/mol. The Morgan fingerprint density at radius 2 is 0.919 bits per heavy atom. The molecule has 0 saturated carbocycles. The van der Waals surface area contributed by atoms with Gasteiger partial charge in [0.15, 0.2) is 9.84 Å². The molecule has 6 nitrogen and oxygen atoms in total. The van der Waals surface area contributed by atoms with Crippen LogP contribution in [0.25, 0.3) is 0 Å². The minimum absolute atomic E-state index is 0.147. The summed E-state index contributed by atoms with van der Waals surface area (Å²) in [7, 11) is -14.3. The molecule has 37 heavy (non-hydrogen) atoms. The predicted molar refractivity (Wildman–Crippen MR) is 146 cm³/mol. The third kappa shape index (κ3) is 3.90. The Kier molecular flexibility index (Phi) is 6.80. The second-order valence-corrected chi connectivity index (χ2v) is 17.0. The number of allylic oxidation sites excluding steroid dienone is 6. The quantitative estimate of drug-likeness (QED) is 0.485. The second kappa shape index (κ2) is 9.22. The monoisotopic (exact) mass is 558 g/mol. The maximum absolute atomic E-state index is 14.9. The predicted octanol–water partition coefficient (Wildman–Crippen LogP) is 5.17. The van der Waals surface area contributed by atoms with Crippen molar-refractivity contribution in [2.24, 2.45) is 0 Å². The van der Waals surface area contributed by atoms with Crippen LogP contribution in [0.3, 0.4) is 0 Å². The van der Waals surface area contributed by atoms with Crippen molar-refractivity contribution < 1.29 is 25.3 Å². The molecule has 0 heterocycles. The van der Waals surface area contributed by atoms with Crippen LogP contribution in [0, 0.1) is 13.8 Å². The van der Waals surface area contributed by atoms with Gasteiger partial charge in [-0.3, -0.25) is 0 Å². The van der Waals surface area contributed by atoms with Crippen molar-refractivity contribution in [2.75, 3.05) is 0 Å². The van der Waals surface area contributed by atoms with Crippen LogP contribution in [0.4, 0.5) is 0 Å². The molecule has 0 saturated heterocycles. The topological polar surface area (TPSA) is 102 Å². The third-order valence-corrected chi connectivity index (χ3v) is 16.8. The van der Waals surface area contributed by atoms with Crippen molar-refractivity contribution in [3.05, 3.63) is 107 Å². The van der Waals surface area contributed by atoms with Gasteiger partial charge in [-0.05, 0) is 63.1 Å². The van der Waals surface area contributed by atoms with Crippen molar-refractivity contribution in [3.63, 3.8) is 0 Å². The van der Waals surface area contributed by atoms with E-state index < -0.39 is 50.5 Å². The van der Waals surface area contributed by atoms with Crippen LogP contribution < -0.4 is 0 Å². The van der Waals surface area contributed by atoms with E-state index in [2.05, 4.69) is 0 Å². The first-order valence-corrected chi connectivity index (χ1v) is 16.3. The minimum Gasteiger partial charge on any atom is -0.225 e. The van der Waals surface area contributed by atoms with Crippen molar-refractivity contribution in [2.45, 2.75) is 58.5 Å². The van der Waals surface area contributed by atoms with Gasteiger partial charge >= 0.3 is 0 Å². The molecule has 9 heteroatoms. The van der Waals surface area contributed by atoms with Gasteiger partial charge in [-0.2, -0.15) is 0 Å². The van der Waals surface area contributed by atoms with E-state index in [1.54, 1.807) is 52.0 Å². The fourth-order valence-corrected chi connectivity index (χ4v) is 13.8. The Hall–Kier alpha value is -2.75. The molecule has 2 aliphatic rings. The van der Waals surface area contributed by atoms with E-state index in [1.165, 1.54) is 48.6 Å². The molecule has 0 aromatic heterocycles. The van der Waals surface area contributed by atoms with E-state index in [9.17, 15) is 25.3 Å². The Balaban J connectivity index is 2.11. The van der Waals surface area contributed by atoms with Gasteiger partial charge < -0.3 is 0 Å². The van der Waals surface area contributed by atoms with Crippen LogP contribution in [0.15, 0.2) is 106 Å². The molecule has 2 aromatic carbocycles. The van der Waals surface area contributed by atoms with E-state index in [1.807, 2.05) is 0 Å². The molecule has 2 unspecified atom stereocenters. The van der Waals surface area contributed by atoms with E-state index in [0.29, 0.717) is 22.3 Å². The SMILES string of the molecule is CC1=CCC(S(=O)(=O)c2ccccc2C)(S(=O)(=O)C2(S(=O)(=O)c3ccccc3C)C=CC(C)=CC2)C=C1. The summed E-state index contributed by atoms with van der Waals surface area (Å²) in [4.78, 5) is -0.294. The minimum atomic E-state index is -5.04. The summed E-state index contributed by atoms with van der Waals surface area (Å²) in [6, 6.07) is 12.3. The van der Waals surface area contributed by atoms with Crippen molar-refractivity contribution in [1.29, 1.82) is 0 Å². The molecule has 0 amide bonds. The number of sulfone groups is 3. The molecule has 0 aliphatic heterocycles. The lowest BCUT2D eigenvalue weighted by Gasteiger charge is -2.41. The molecule has 2 atom stereocenters. The summed E-state index contributed by atoms with van der Waals surface area (Å²) in [5, 5.41) is 0. The van der Waals surface area contributed by atoms with E-state index in [0.717, 1.165) is 12.2 Å². The summed E-state index contributed by atoms with van der Waals surface area (Å²) < 4.78 is 82.3. The zero-order valence-electron chi connectivity index (χ0n) is 21.2. The summed E-state index contributed by atoms with van der Waals surface area (Å²) in [5.41, 5.74) is 2.14. The van der Waals surface area contributed by atoms with Crippen molar-refractivity contribution in [1.82, 2.24) is 0 Å². The molecule has 0 N–H and O–H groups in total. The lowest BCUT2D eigenvalue weighted by Crippen LogP contribution is -2.58. The number of rotatable bonds is 6. The lowest BCUT2D eigenvalue weighted by atomic mass is 10.1. The zero-order chi connectivity index (χ0) is 27.3. The number of hydrogen-bond donors (Lipinski definition) is 0. The molecule has 2 aromatic rings. The zero-order valence-corrected chi connectivity index (χ0v) is 23.6. The van der Waals surface area contributed by atoms with Crippen LogP contribution in [0.1, 0.15) is 37.8 Å². The summed E-state index contributed by atoms with van der Waals surface area (Å²) in [6.07, 6.45) is 7.47.